The second-order valence-electron chi connectivity index (χ2n) is 1.93. The van der Waals surface area contributed by atoms with E-state index in [0.717, 1.165) is 0 Å². The third kappa shape index (κ3) is 2.69. The summed E-state index contributed by atoms with van der Waals surface area (Å²) < 4.78 is 1.40. The molecule has 0 saturated carbocycles. The molecule has 0 fully saturated rings. The van der Waals surface area contributed by atoms with Gasteiger partial charge in [0.1, 0.15) is 0 Å². The molecule has 0 spiro atoms. The highest BCUT2D eigenvalue weighted by atomic mass is 79.9. The molecule has 2 heteroatoms. The van der Waals surface area contributed by atoms with Crippen molar-refractivity contribution in [2.75, 3.05) is 0 Å². The predicted octanol–water partition coefficient (Wildman–Crippen LogP) is 1.37. The summed E-state index contributed by atoms with van der Waals surface area (Å²) in [7, 11) is 0. The first-order valence-corrected chi connectivity index (χ1v) is 3.39. The topological polar surface area (TPSA) is 0 Å². The Labute approximate surface area is 78.9 Å². The highest BCUT2D eigenvalue weighted by Gasteiger charge is 1.81. The van der Waals surface area contributed by atoms with E-state index in [0.29, 0.717) is 0 Å². The minimum absolute atomic E-state index is 0. The fourth-order valence-corrected chi connectivity index (χ4v) is 0.864. The van der Waals surface area contributed by atoms with Crippen molar-refractivity contribution in [3.05, 3.63) is 29.8 Å². The van der Waals surface area contributed by atoms with Crippen LogP contribution in [0.1, 0.15) is 5.56 Å². The van der Waals surface area contributed by atoms with Gasteiger partial charge < -0.3 is 0 Å². The molecule has 1 rings (SSSR count). The predicted molar refractivity (Wildman–Crippen MR) is 46.9 cm³/mol. The van der Waals surface area contributed by atoms with Gasteiger partial charge in [-0.3, -0.25) is 0 Å². The summed E-state index contributed by atoms with van der Waals surface area (Å²) in [5.41, 5.74) is 1.38. The zero-order valence-corrected chi connectivity index (χ0v) is 8.55. The third-order valence-electron chi connectivity index (χ3n) is 1.26. The lowest BCUT2D eigenvalue weighted by atomic mass is 10.2. The molecule has 0 N–H and O–H groups in total. The first kappa shape index (κ1) is 9.47. The van der Waals surface area contributed by atoms with Crippen molar-refractivity contribution >= 4 is 42.4 Å². The molecule has 1 aromatic carbocycles. The second-order valence-corrected chi connectivity index (χ2v) is 2.69. The van der Waals surface area contributed by atoms with Crippen molar-refractivity contribution in [2.24, 2.45) is 0 Å². The Morgan fingerprint density at radius 3 is 2.11 bits per heavy atom. The maximum absolute atomic E-state index is 2.13. The van der Waals surface area contributed by atoms with Crippen LogP contribution in [0.5, 0.6) is 0 Å². The van der Waals surface area contributed by atoms with Crippen LogP contribution in [0.25, 0.3) is 0 Å². The summed E-state index contributed by atoms with van der Waals surface area (Å²) >= 11 is 1.93. The molecule has 45 valence electrons. The van der Waals surface area contributed by atoms with Gasteiger partial charge in [-0.2, -0.15) is 0 Å². The summed E-state index contributed by atoms with van der Waals surface area (Å²) in [6.45, 7) is 2.13. The van der Waals surface area contributed by atoms with E-state index in [1.165, 1.54) is 9.26 Å². The Morgan fingerprint density at radius 2 is 1.78 bits per heavy atom. The first-order chi connectivity index (χ1) is 3.80. The van der Waals surface area contributed by atoms with Crippen LogP contribution in [-0.4, -0.2) is 21.7 Å². The quantitative estimate of drug-likeness (QED) is 0.550. The van der Waals surface area contributed by atoms with Gasteiger partial charge in [0.05, 0.1) is 0 Å². The fraction of sp³-hybridized carbons (Fsp3) is 0.143. The summed E-state index contributed by atoms with van der Waals surface area (Å²) in [4.78, 5) is 0. The second kappa shape index (κ2) is 4.31. The molecule has 0 aliphatic carbocycles. The van der Waals surface area contributed by atoms with E-state index in [-0.39, 0.29) is 17.0 Å². The molecular formula is C7H8BrMg. The van der Waals surface area contributed by atoms with Gasteiger partial charge in [-0.1, -0.05) is 29.8 Å². The number of hydrogen-bond donors (Lipinski definition) is 0. The van der Waals surface area contributed by atoms with Crippen LogP contribution in [-0.2, 0) is 0 Å². The van der Waals surface area contributed by atoms with E-state index < -0.39 is 0 Å². The Hall–Kier alpha value is 0.466. The lowest BCUT2D eigenvalue weighted by Gasteiger charge is -1.96. The molecule has 1 aromatic rings. The van der Waals surface area contributed by atoms with Gasteiger partial charge in [0, 0.05) is 0 Å². The lowest BCUT2D eigenvalue weighted by Crippen LogP contribution is -2.04. The van der Waals surface area contributed by atoms with Crippen LogP contribution < -0.4 is 3.69 Å². The fourth-order valence-electron chi connectivity index (χ4n) is 0.610. The number of rotatable bonds is 0. The van der Waals surface area contributed by atoms with Gasteiger partial charge in [0.2, 0.25) is 0 Å². The smallest absolute Gasteiger partial charge is 0.205 e. The number of benzene rings is 1. The van der Waals surface area contributed by atoms with Gasteiger partial charge in [0.15, 0.2) is 0 Å². The molecule has 0 aliphatic rings. The largest absolute Gasteiger partial charge is 0.276 e. The average molecular weight is 196 g/mol. The van der Waals surface area contributed by atoms with Crippen LogP contribution in [0.15, 0.2) is 24.3 Å². The van der Waals surface area contributed by atoms with Gasteiger partial charge >= 0.3 is 0 Å². The van der Waals surface area contributed by atoms with Gasteiger partial charge in [-0.05, 0) is 6.92 Å². The Bertz CT molecular complexity index is 165. The number of hydrogen-bond acceptors (Lipinski definition) is 0. The van der Waals surface area contributed by atoms with E-state index in [9.17, 15) is 0 Å². The normalized spacial score (nSPS) is 8.00. The van der Waals surface area contributed by atoms with Crippen molar-refractivity contribution in [3.8, 4) is 0 Å². The van der Waals surface area contributed by atoms with Crippen LogP contribution in [0, 0.1) is 6.92 Å². The highest BCUT2D eigenvalue weighted by molar-refractivity contribution is 8.93. The minimum atomic E-state index is 0. The monoisotopic (exact) mass is 195 g/mol. The lowest BCUT2D eigenvalue weighted by molar-refractivity contribution is 1.52. The first-order valence-electron chi connectivity index (χ1n) is 2.68. The van der Waals surface area contributed by atoms with E-state index in [4.69, 9.17) is 0 Å². The standard InChI is InChI=1S/C7H7.BrH.Mg/c1-7-5-3-2-4-6-7;;/h2-5H,1H3;1H;. The van der Waals surface area contributed by atoms with E-state index >= 15 is 0 Å². The van der Waals surface area contributed by atoms with Crippen molar-refractivity contribution in [3.63, 3.8) is 0 Å². The summed E-state index contributed by atoms with van der Waals surface area (Å²) in [6.07, 6.45) is 0. The SMILES string of the molecule is Br.Cc1cccc[c]1[Mg]. The molecule has 0 amide bonds. The van der Waals surface area contributed by atoms with Crippen molar-refractivity contribution < 1.29 is 0 Å². The molecular weight excluding hydrogens is 188 g/mol. The third-order valence-corrected chi connectivity index (χ3v) is 2.05. The van der Waals surface area contributed by atoms with Crippen LogP contribution >= 0.6 is 17.0 Å². The van der Waals surface area contributed by atoms with Gasteiger partial charge in [0.25, 0.3) is 21.7 Å². The van der Waals surface area contributed by atoms with Crippen molar-refractivity contribution in [1.29, 1.82) is 0 Å². The van der Waals surface area contributed by atoms with Crippen molar-refractivity contribution in [2.45, 2.75) is 6.92 Å². The maximum Gasteiger partial charge on any atom is 0.276 e. The molecule has 0 saturated heterocycles. The summed E-state index contributed by atoms with van der Waals surface area (Å²) in [6, 6.07) is 8.39. The van der Waals surface area contributed by atoms with E-state index in [1.807, 2.05) is 21.7 Å². The zero-order valence-electron chi connectivity index (χ0n) is 5.42. The molecule has 0 heterocycles. The number of aryl methyl sites for hydroxylation is 1. The molecule has 0 bridgehead atoms. The Balaban J connectivity index is 0.000000640. The van der Waals surface area contributed by atoms with Gasteiger partial charge in [-0.15, -0.1) is 17.0 Å². The Morgan fingerprint density at radius 1 is 1.22 bits per heavy atom. The van der Waals surface area contributed by atoms with Gasteiger partial charge in [-0.25, -0.2) is 3.69 Å². The average Bonchev–Trinajstić information content (AvgIpc) is 1.77. The van der Waals surface area contributed by atoms with Crippen LogP contribution in [0.3, 0.4) is 0 Å². The van der Waals surface area contributed by atoms with Crippen LogP contribution in [0.4, 0.5) is 0 Å². The Kier molecular flexibility index (Phi) is 4.53. The molecule has 9 heavy (non-hydrogen) atoms. The molecule has 0 nitrogen and oxygen atoms in total. The minimum Gasteiger partial charge on any atom is -0.205 e. The molecule has 0 aromatic heterocycles. The van der Waals surface area contributed by atoms with Crippen LogP contribution in [0.2, 0.25) is 0 Å². The summed E-state index contributed by atoms with van der Waals surface area (Å²) in [5, 5.41) is 0. The molecule has 0 unspecified atom stereocenters. The maximum atomic E-state index is 2.13. The summed E-state index contributed by atoms with van der Waals surface area (Å²) in [5.74, 6) is 0. The molecule has 1 radical (unpaired) electrons. The highest BCUT2D eigenvalue weighted by Crippen LogP contribution is 1.88. The van der Waals surface area contributed by atoms with E-state index in [2.05, 4.69) is 31.2 Å². The van der Waals surface area contributed by atoms with E-state index in [1.54, 1.807) is 0 Å². The molecule has 0 atom stereocenters. The molecule has 0 aliphatic heterocycles. The number of halogens is 1. The zero-order chi connectivity index (χ0) is 5.98. The van der Waals surface area contributed by atoms with Crippen molar-refractivity contribution in [1.82, 2.24) is 0 Å².